The van der Waals surface area contributed by atoms with Crippen molar-refractivity contribution in [2.75, 3.05) is 6.61 Å². The third-order valence-corrected chi connectivity index (χ3v) is 23.7. The molecule has 5 rings (SSSR count). The van der Waals surface area contributed by atoms with Crippen LogP contribution in [-0.4, -0.2) is 98.7 Å². The summed E-state index contributed by atoms with van der Waals surface area (Å²) in [6, 6.07) is 12.6. The number of ether oxygens (including phenoxy) is 3. The van der Waals surface area contributed by atoms with Gasteiger partial charge in [0, 0.05) is 18.8 Å². The first-order valence-electron chi connectivity index (χ1n) is 19.9. The van der Waals surface area contributed by atoms with Gasteiger partial charge in [-0.3, -0.25) is 14.4 Å². The third-order valence-electron chi connectivity index (χ3n) is 14.4. The Morgan fingerprint density at radius 2 is 1.43 bits per heavy atom. The predicted molar refractivity (Wildman–Crippen MR) is 208 cm³/mol. The van der Waals surface area contributed by atoms with Gasteiger partial charge >= 0.3 is 11.9 Å². The lowest BCUT2D eigenvalue weighted by Gasteiger charge is -2.68. The summed E-state index contributed by atoms with van der Waals surface area (Å²) in [6.45, 7) is 20.2. The lowest BCUT2D eigenvalue weighted by Crippen LogP contribution is -2.84. The van der Waals surface area contributed by atoms with Crippen LogP contribution >= 0.6 is 0 Å². The summed E-state index contributed by atoms with van der Waals surface area (Å²) in [5, 5.41) is 25.8. The van der Waals surface area contributed by atoms with Crippen LogP contribution in [0.2, 0.25) is 36.3 Å². The molecule has 0 amide bonds. The van der Waals surface area contributed by atoms with E-state index in [2.05, 4.69) is 41.5 Å². The van der Waals surface area contributed by atoms with E-state index in [1.54, 1.807) is 58.0 Å². The van der Waals surface area contributed by atoms with Crippen LogP contribution in [0.25, 0.3) is 0 Å². The lowest BCUT2D eigenvalue weighted by atomic mass is 9.44. The monoisotopic (exact) mass is 786 g/mol. The van der Waals surface area contributed by atoms with E-state index < -0.39 is 92.8 Å². The van der Waals surface area contributed by atoms with Crippen LogP contribution in [0.1, 0.15) is 92.9 Å². The van der Waals surface area contributed by atoms with Gasteiger partial charge in [-0.25, -0.2) is 4.79 Å². The van der Waals surface area contributed by atoms with Crippen molar-refractivity contribution < 1.29 is 52.5 Å². The standard InChI is InChI=1S/C41H62O11Si2/c1-12-53(13-2,14-3)51-28-23-29-40(24-48-29,50-26(8)42)33-36(49-37(46)27-21-19-18-20-22-27)41(47)34(44)31(43)25(7)30(38(41,9)10)32(35(45)39(28,33)11)52-54(15-4,16-5)17-6/h18-22,28-29,32-34,36,44,47H,12-17,23-24H2,1-11H3/t28-,29+,32+,33-,34-,36-,39+,40-,41+/m0/s1. The number of hydrogen-bond acceptors (Lipinski definition) is 11. The highest BCUT2D eigenvalue weighted by atomic mass is 28.4. The number of aliphatic hydroxyl groups is 2. The van der Waals surface area contributed by atoms with Crippen LogP contribution in [0.5, 0.6) is 0 Å². The molecule has 0 unspecified atom stereocenters. The number of fused-ring (bicyclic) bond motifs is 5. The first-order valence-corrected chi connectivity index (χ1v) is 25.0. The molecule has 13 heteroatoms. The minimum Gasteiger partial charge on any atom is -0.455 e. The van der Waals surface area contributed by atoms with E-state index in [1.165, 1.54) is 6.92 Å². The SMILES string of the molecule is CC[Si](CC)(CC)O[C@H]1C(=O)[C@]2(C)[C@@H](O[Si](CC)(CC)CC)C[C@H]3OC[C@@]3(OC(C)=O)[C@H]2[C@H](OC(=O)c2ccccc2)[C@]2(O)[C@@H](O)C(=O)C(C)=C1C2(C)C. The molecular formula is C41H62O11Si2. The Balaban J connectivity index is 1.94. The molecule has 300 valence electrons. The third kappa shape index (κ3) is 6.15. The summed E-state index contributed by atoms with van der Waals surface area (Å²) < 4.78 is 33.6. The topological polar surface area (TPSA) is 155 Å². The van der Waals surface area contributed by atoms with Gasteiger partial charge < -0.3 is 33.3 Å². The molecule has 1 aromatic carbocycles. The van der Waals surface area contributed by atoms with Crippen molar-refractivity contribution in [2.24, 2.45) is 16.7 Å². The molecular weight excluding hydrogens is 725 g/mol. The van der Waals surface area contributed by atoms with Gasteiger partial charge in [-0.1, -0.05) is 73.6 Å². The maximum atomic E-state index is 16.3. The molecule has 2 saturated carbocycles. The summed E-state index contributed by atoms with van der Waals surface area (Å²) in [7, 11) is -5.18. The van der Waals surface area contributed by atoms with Crippen molar-refractivity contribution in [1.82, 2.24) is 0 Å². The lowest BCUT2D eigenvalue weighted by molar-refractivity contribution is -0.347. The molecule has 1 saturated heterocycles. The molecule has 3 fully saturated rings. The number of carbonyl (C=O) groups excluding carboxylic acids is 4. The van der Waals surface area contributed by atoms with E-state index in [1.807, 2.05) is 0 Å². The number of aliphatic hydroxyl groups excluding tert-OH is 1. The normalized spacial score (nSPS) is 34.9. The van der Waals surface area contributed by atoms with Gasteiger partial charge in [-0.2, -0.15) is 0 Å². The van der Waals surface area contributed by atoms with Gasteiger partial charge in [-0.05, 0) is 73.4 Å². The van der Waals surface area contributed by atoms with E-state index in [9.17, 15) is 24.6 Å². The molecule has 2 bridgehead atoms. The summed E-state index contributed by atoms with van der Waals surface area (Å²) in [5.74, 6) is -4.02. The second kappa shape index (κ2) is 15.1. The summed E-state index contributed by atoms with van der Waals surface area (Å²) in [4.78, 5) is 58.1. The highest BCUT2D eigenvalue weighted by Crippen LogP contribution is 2.65. The van der Waals surface area contributed by atoms with Crippen LogP contribution in [0.15, 0.2) is 41.5 Å². The van der Waals surface area contributed by atoms with E-state index >= 15 is 4.79 Å². The Morgan fingerprint density at radius 1 is 0.889 bits per heavy atom. The molecule has 0 aromatic heterocycles. The van der Waals surface area contributed by atoms with Crippen LogP contribution in [0.3, 0.4) is 0 Å². The zero-order chi connectivity index (χ0) is 40.2. The molecule has 4 aliphatic rings. The van der Waals surface area contributed by atoms with Crippen molar-refractivity contribution in [3.05, 3.63) is 47.0 Å². The van der Waals surface area contributed by atoms with Crippen LogP contribution in [0.4, 0.5) is 0 Å². The molecule has 0 spiro atoms. The van der Waals surface area contributed by atoms with Crippen molar-refractivity contribution in [1.29, 1.82) is 0 Å². The number of Topliss-reactive ketones (excluding diaryl/α,β-unsaturated/α-hetero) is 2. The predicted octanol–water partition coefficient (Wildman–Crippen LogP) is 6.32. The Bertz CT molecular complexity index is 1640. The first kappa shape index (κ1) is 42.6. The van der Waals surface area contributed by atoms with Crippen molar-refractivity contribution in [3.8, 4) is 0 Å². The number of rotatable bonds is 13. The highest BCUT2D eigenvalue weighted by Gasteiger charge is 2.80. The number of hydrogen-bond donors (Lipinski definition) is 2. The molecule has 0 radical (unpaired) electrons. The minimum atomic E-state index is -2.66. The molecule has 9 atom stereocenters. The number of carbonyl (C=O) groups is 4. The molecule has 2 N–H and O–H groups in total. The second-order valence-electron chi connectivity index (χ2n) is 16.7. The number of ketones is 2. The number of esters is 2. The quantitative estimate of drug-likeness (QED) is 0.171. The average Bonchev–Trinajstić information content (AvgIpc) is 3.16. The minimum absolute atomic E-state index is 0.129. The Labute approximate surface area is 322 Å². The molecule has 3 aliphatic carbocycles. The summed E-state index contributed by atoms with van der Waals surface area (Å²) in [5.41, 5.74) is -6.86. The first-order chi connectivity index (χ1) is 25.3. The van der Waals surface area contributed by atoms with Gasteiger partial charge in [0.25, 0.3) is 0 Å². The fraction of sp³-hybridized carbons (Fsp3) is 0.707. The van der Waals surface area contributed by atoms with Crippen molar-refractivity contribution >= 4 is 40.1 Å². The van der Waals surface area contributed by atoms with E-state index in [0.29, 0.717) is 18.1 Å². The maximum Gasteiger partial charge on any atom is 0.338 e. The van der Waals surface area contributed by atoms with Crippen molar-refractivity contribution in [2.45, 2.75) is 161 Å². The summed E-state index contributed by atoms with van der Waals surface area (Å²) in [6.07, 6.45) is -6.64. The fourth-order valence-electron chi connectivity index (χ4n) is 10.4. The molecule has 54 heavy (non-hydrogen) atoms. The summed E-state index contributed by atoms with van der Waals surface area (Å²) >= 11 is 0. The molecule has 1 aromatic rings. The fourth-order valence-corrected chi connectivity index (χ4v) is 16.1. The van der Waals surface area contributed by atoms with Gasteiger partial charge in [0.1, 0.15) is 30.0 Å². The molecule has 11 nitrogen and oxygen atoms in total. The van der Waals surface area contributed by atoms with Crippen LogP contribution in [-0.2, 0) is 37.4 Å². The van der Waals surface area contributed by atoms with Gasteiger partial charge in [0.2, 0.25) is 0 Å². The zero-order valence-corrected chi connectivity index (χ0v) is 36.1. The smallest absolute Gasteiger partial charge is 0.338 e. The van der Waals surface area contributed by atoms with Gasteiger partial charge in [0.15, 0.2) is 33.8 Å². The zero-order valence-electron chi connectivity index (χ0n) is 34.1. The van der Waals surface area contributed by atoms with Gasteiger partial charge in [0.05, 0.1) is 29.6 Å². The van der Waals surface area contributed by atoms with Crippen LogP contribution in [0, 0.1) is 16.7 Å². The van der Waals surface area contributed by atoms with Crippen LogP contribution < -0.4 is 0 Å². The molecule has 1 heterocycles. The second-order valence-corrected chi connectivity index (χ2v) is 26.2. The van der Waals surface area contributed by atoms with Crippen molar-refractivity contribution in [3.63, 3.8) is 0 Å². The van der Waals surface area contributed by atoms with E-state index in [4.69, 9.17) is 23.1 Å². The van der Waals surface area contributed by atoms with E-state index in [-0.39, 0.29) is 35.5 Å². The highest BCUT2D eigenvalue weighted by molar-refractivity contribution is 6.74. The maximum absolute atomic E-state index is 16.3. The largest absolute Gasteiger partial charge is 0.455 e. The Kier molecular flexibility index (Phi) is 11.9. The number of benzene rings is 1. The van der Waals surface area contributed by atoms with Gasteiger partial charge in [-0.15, -0.1) is 0 Å². The van der Waals surface area contributed by atoms with E-state index in [0.717, 1.165) is 18.1 Å². The average molecular weight is 787 g/mol. The molecule has 1 aliphatic heterocycles. The Hall–Kier alpha value is -2.53. The Morgan fingerprint density at radius 3 is 1.91 bits per heavy atom.